The lowest BCUT2D eigenvalue weighted by Crippen LogP contribution is -2.07. The van der Waals surface area contributed by atoms with E-state index >= 15 is 0 Å². The molecule has 1 aromatic heterocycles. The van der Waals surface area contributed by atoms with Crippen LogP contribution in [0.1, 0.15) is 11.3 Å². The minimum Gasteiger partial charge on any atom is -0.380 e. The Morgan fingerprint density at radius 1 is 1.12 bits per heavy atom. The summed E-state index contributed by atoms with van der Waals surface area (Å²) < 4.78 is 27.9. The summed E-state index contributed by atoms with van der Waals surface area (Å²) in [4.78, 5) is 4.26. The van der Waals surface area contributed by atoms with Crippen molar-refractivity contribution >= 4 is 10.8 Å². The summed E-state index contributed by atoms with van der Waals surface area (Å²) in [5.41, 5.74) is 1.74. The van der Waals surface area contributed by atoms with Gasteiger partial charge in [-0.05, 0) is 35.6 Å². The third-order valence-corrected chi connectivity index (χ3v) is 3.96. The summed E-state index contributed by atoms with van der Waals surface area (Å²) in [5, 5.41) is 11.2. The first-order valence-corrected chi connectivity index (χ1v) is 7.47. The predicted molar refractivity (Wildman–Crippen MR) is 90.4 cm³/mol. The highest BCUT2D eigenvalue weighted by Crippen LogP contribution is 2.29. The Morgan fingerprint density at radius 2 is 1.92 bits per heavy atom. The highest BCUT2D eigenvalue weighted by Gasteiger charge is 2.13. The van der Waals surface area contributed by atoms with Crippen LogP contribution in [0.15, 0.2) is 42.6 Å². The third-order valence-electron chi connectivity index (χ3n) is 3.96. The highest BCUT2D eigenvalue weighted by molar-refractivity contribution is 5.87. The second kappa shape index (κ2) is 6.38. The summed E-state index contributed by atoms with van der Waals surface area (Å²) in [7, 11) is 0. The fourth-order valence-corrected chi connectivity index (χ4v) is 2.59. The van der Waals surface area contributed by atoms with Crippen molar-refractivity contribution in [2.45, 2.75) is 19.4 Å². The molecule has 24 heavy (non-hydrogen) atoms. The van der Waals surface area contributed by atoms with Gasteiger partial charge < -0.3 is 5.11 Å². The van der Waals surface area contributed by atoms with Crippen molar-refractivity contribution in [2.24, 2.45) is 0 Å². The zero-order valence-corrected chi connectivity index (χ0v) is 13.1. The van der Waals surface area contributed by atoms with Gasteiger partial charge >= 0.3 is 0 Å². The molecule has 1 heterocycles. The van der Waals surface area contributed by atoms with Gasteiger partial charge in [0.2, 0.25) is 0 Å². The van der Waals surface area contributed by atoms with Crippen LogP contribution in [-0.4, -0.2) is 16.2 Å². The maximum Gasteiger partial charge on any atom is 0.166 e. The molecule has 1 unspecified atom stereocenters. The van der Waals surface area contributed by atoms with Crippen LogP contribution in [0, 0.1) is 30.9 Å². The molecule has 4 heteroatoms. The van der Waals surface area contributed by atoms with Crippen LogP contribution >= 0.6 is 0 Å². The number of fused-ring (bicyclic) bond motifs is 1. The Kier molecular flexibility index (Phi) is 4.28. The van der Waals surface area contributed by atoms with Crippen LogP contribution in [0.5, 0.6) is 0 Å². The van der Waals surface area contributed by atoms with Gasteiger partial charge in [0.05, 0.1) is 0 Å². The number of aryl methyl sites for hydroxylation is 1. The average Bonchev–Trinajstić information content (AvgIpc) is 2.59. The standard InChI is InChI=1S/C20H15F2NO/c1-3-17(24)10-16-9-13-5-6-14(8-15(13)11-23-16)18-7-4-12(2)19(21)20(18)22/h1,4-9,11,17,24H,10H2,2H3. The van der Waals surface area contributed by atoms with Gasteiger partial charge in [-0.2, -0.15) is 0 Å². The number of aliphatic hydroxyl groups excluding tert-OH is 1. The molecule has 0 fully saturated rings. The number of terminal acetylenes is 1. The summed E-state index contributed by atoms with van der Waals surface area (Å²) in [6.45, 7) is 1.53. The molecule has 3 aromatic rings. The molecule has 0 bridgehead atoms. The van der Waals surface area contributed by atoms with E-state index in [0.717, 1.165) is 10.8 Å². The smallest absolute Gasteiger partial charge is 0.166 e. The fraction of sp³-hybridized carbons (Fsp3) is 0.150. The number of aliphatic hydroxyl groups is 1. The Bertz CT molecular complexity index is 960. The van der Waals surface area contributed by atoms with E-state index in [0.29, 0.717) is 11.3 Å². The zero-order chi connectivity index (χ0) is 17.3. The van der Waals surface area contributed by atoms with E-state index in [-0.39, 0.29) is 17.5 Å². The van der Waals surface area contributed by atoms with Gasteiger partial charge in [0, 0.05) is 29.3 Å². The van der Waals surface area contributed by atoms with Crippen molar-refractivity contribution in [3.8, 4) is 23.5 Å². The predicted octanol–water partition coefficient (Wildman–Crippen LogP) is 4.03. The van der Waals surface area contributed by atoms with E-state index in [9.17, 15) is 13.9 Å². The van der Waals surface area contributed by atoms with E-state index in [1.54, 1.807) is 30.5 Å². The summed E-state index contributed by atoms with van der Waals surface area (Å²) in [5.74, 6) is 0.566. The van der Waals surface area contributed by atoms with E-state index in [1.165, 1.54) is 6.92 Å². The van der Waals surface area contributed by atoms with E-state index < -0.39 is 17.7 Å². The highest BCUT2D eigenvalue weighted by atomic mass is 19.2. The number of nitrogens with zero attached hydrogens (tertiary/aromatic N) is 1. The van der Waals surface area contributed by atoms with Gasteiger partial charge in [-0.1, -0.05) is 30.2 Å². The molecule has 0 aliphatic heterocycles. The quantitative estimate of drug-likeness (QED) is 0.738. The fourth-order valence-electron chi connectivity index (χ4n) is 2.59. The van der Waals surface area contributed by atoms with Crippen molar-refractivity contribution in [3.63, 3.8) is 0 Å². The summed E-state index contributed by atoms with van der Waals surface area (Å²) in [6, 6.07) is 10.3. The largest absolute Gasteiger partial charge is 0.380 e. The van der Waals surface area contributed by atoms with Crippen molar-refractivity contribution in [3.05, 3.63) is 65.5 Å². The van der Waals surface area contributed by atoms with E-state index in [4.69, 9.17) is 6.42 Å². The first kappa shape index (κ1) is 16.1. The van der Waals surface area contributed by atoms with Crippen molar-refractivity contribution in [1.82, 2.24) is 4.98 Å². The van der Waals surface area contributed by atoms with E-state index in [1.807, 2.05) is 12.1 Å². The molecule has 0 aliphatic carbocycles. The van der Waals surface area contributed by atoms with Gasteiger partial charge in [0.25, 0.3) is 0 Å². The van der Waals surface area contributed by atoms with Crippen LogP contribution in [0.3, 0.4) is 0 Å². The molecular weight excluding hydrogens is 308 g/mol. The second-order valence-corrected chi connectivity index (χ2v) is 5.68. The number of aromatic nitrogens is 1. The van der Waals surface area contributed by atoms with Crippen LogP contribution in [0.25, 0.3) is 21.9 Å². The maximum atomic E-state index is 14.2. The number of halogens is 2. The molecule has 1 atom stereocenters. The molecule has 3 rings (SSSR count). The molecule has 0 saturated carbocycles. The Balaban J connectivity index is 2.02. The molecule has 2 nitrogen and oxygen atoms in total. The number of hydrogen-bond acceptors (Lipinski definition) is 2. The Hall–Kier alpha value is -2.77. The minimum atomic E-state index is -0.876. The van der Waals surface area contributed by atoms with Crippen molar-refractivity contribution in [2.75, 3.05) is 0 Å². The molecule has 120 valence electrons. The van der Waals surface area contributed by atoms with Gasteiger partial charge in [0.15, 0.2) is 11.6 Å². The molecule has 2 aromatic carbocycles. The zero-order valence-electron chi connectivity index (χ0n) is 13.1. The number of pyridine rings is 1. The topological polar surface area (TPSA) is 33.1 Å². The van der Waals surface area contributed by atoms with E-state index in [2.05, 4.69) is 10.9 Å². The normalized spacial score (nSPS) is 12.1. The molecule has 1 N–H and O–H groups in total. The van der Waals surface area contributed by atoms with Gasteiger partial charge in [-0.15, -0.1) is 6.42 Å². The number of rotatable bonds is 3. The lowest BCUT2D eigenvalue weighted by molar-refractivity contribution is 0.232. The first-order valence-electron chi connectivity index (χ1n) is 7.47. The molecular formula is C20H15F2NO. The number of hydrogen-bond donors (Lipinski definition) is 1. The Labute approximate surface area is 138 Å². The van der Waals surface area contributed by atoms with Crippen molar-refractivity contribution < 1.29 is 13.9 Å². The summed E-state index contributed by atoms with van der Waals surface area (Å²) >= 11 is 0. The summed E-state index contributed by atoms with van der Waals surface area (Å²) in [6.07, 6.45) is 6.19. The SMILES string of the molecule is C#CC(O)Cc1cc2ccc(-c3ccc(C)c(F)c3F)cc2cn1. The van der Waals surface area contributed by atoms with Crippen LogP contribution < -0.4 is 0 Å². The number of benzene rings is 2. The van der Waals surface area contributed by atoms with Crippen LogP contribution in [-0.2, 0) is 6.42 Å². The van der Waals surface area contributed by atoms with Crippen LogP contribution in [0.4, 0.5) is 8.78 Å². The lowest BCUT2D eigenvalue weighted by Gasteiger charge is -2.09. The molecule has 0 spiro atoms. The van der Waals surface area contributed by atoms with Gasteiger partial charge in [0.1, 0.15) is 6.10 Å². The average molecular weight is 323 g/mol. The monoisotopic (exact) mass is 323 g/mol. The third kappa shape index (κ3) is 2.99. The van der Waals surface area contributed by atoms with Gasteiger partial charge in [-0.3, -0.25) is 4.98 Å². The molecule has 0 radical (unpaired) electrons. The molecule has 0 saturated heterocycles. The van der Waals surface area contributed by atoms with Gasteiger partial charge in [-0.25, -0.2) is 8.78 Å². The molecule has 0 amide bonds. The lowest BCUT2D eigenvalue weighted by atomic mass is 9.99. The van der Waals surface area contributed by atoms with Crippen molar-refractivity contribution in [1.29, 1.82) is 0 Å². The Morgan fingerprint density at radius 3 is 2.67 bits per heavy atom. The first-order chi connectivity index (χ1) is 11.5. The second-order valence-electron chi connectivity index (χ2n) is 5.68. The van der Waals surface area contributed by atoms with Crippen LogP contribution in [0.2, 0.25) is 0 Å². The molecule has 0 aliphatic rings. The minimum absolute atomic E-state index is 0.215. The maximum absolute atomic E-state index is 14.2.